The number of halogens is 3. The lowest BCUT2D eigenvalue weighted by atomic mass is 9.82. The Labute approximate surface area is 193 Å². The SMILES string of the molecule is Nc1ncnc([C@]2(Nc3cc(Cl)cc(Cl)c3)CCCN(C3C(=O)NCCC3O)C2=O)c1F. The summed E-state index contributed by atoms with van der Waals surface area (Å²) in [6, 6.07) is 3.47. The largest absolute Gasteiger partial charge is 0.390 e. The quantitative estimate of drug-likeness (QED) is 0.520. The first kappa shape index (κ1) is 22.5. The molecule has 0 bridgehead atoms. The summed E-state index contributed by atoms with van der Waals surface area (Å²) in [5.74, 6) is -2.46. The fourth-order valence-corrected chi connectivity index (χ4v) is 4.84. The first-order valence-electron chi connectivity index (χ1n) is 10.0. The molecule has 2 unspecified atom stereocenters. The molecule has 12 heteroatoms. The Morgan fingerprint density at radius 1 is 1.25 bits per heavy atom. The molecule has 1 aromatic heterocycles. The molecule has 2 aliphatic heterocycles. The number of anilines is 2. The van der Waals surface area contributed by atoms with Crippen molar-refractivity contribution in [1.29, 1.82) is 0 Å². The van der Waals surface area contributed by atoms with Gasteiger partial charge in [-0.15, -0.1) is 0 Å². The van der Waals surface area contributed by atoms with Gasteiger partial charge >= 0.3 is 0 Å². The van der Waals surface area contributed by atoms with Gasteiger partial charge in [0.05, 0.1) is 6.10 Å². The number of nitrogens with one attached hydrogen (secondary N) is 2. The average molecular weight is 483 g/mol. The van der Waals surface area contributed by atoms with Crippen molar-refractivity contribution < 1.29 is 19.1 Å². The van der Waals surface area contributed by atoms with Crippen LogP contribution in [0.4, 0.5) is 15.9 Å². The van der Waals surface area contributed by atoms with Crippen molar-refractivity contribution in [1.82, 2.24) is 20.2 Å². The minimum absolute atomic E-state index is 0.143. The van der Waals surface area contributed by atoms with Crippen molar-refractivity contribution in [3.8, 4) is 0 Å². The van der Waals surface area contributed by atoms with Crippen molar-refractivity contribution in [2.24, 2.45) is 0 Å². The first-order chi connectivity index (χ1) is 15.2. The summed E-state index contributed by atoms with van der Waals surface area (Å²) < 4.78 is 15.1. The summed E-state index contributed by atoms with van der Waals surface area (Å²) in [6.07, 6.45) is 0.844. The van der Waals surface area contributed by atoms with Gasteiger partial charge in [0.2, 0.25) is 5.91 Å². The minimum Gasteiger partial charge on any atom is -0.390 e. The number of carbonyl (C=O) groups is 2. The van der Waals surface area contributed by atoms with Gasteiger partial charge in [-0.1, -0.05) is 23.2 Å². The van der Waals surface area contributed by atoms with E-state index in [0.717, 1.165) is 6.33 Å². The van der Waals surface area contributed by atoms with Gasteiger partial charge in [0.25, 0.3) is 5.91 Å². The standard InChI is InChI=1S/C20H21Cl2FN6O3/c21-10-6-11(22)8-12(7-10)28-20(16-14(23)17(24)27-9-26-16)3-1-5-29(19(20)32)15-13(30)2-4-25-18(15)31/h6-9,13,15,28,30H,1-5H2,(H,25,31)(H2,24,26,27)/t13?,15?,20-/m1/s1. The fourth-order valence-electron chi connectivity index (χ4n) is 4.31. The Balaban J connectivity index is 1.84. The summed E-state index contributed by atoms with van der Waals surface area (Å²) in [4.78, 5) is 35.4. The van der Waals surface area contributed by atoms with Crippen LogP contribution in [0, 0.1) is 5.82 Å². The molecule has 2 aliphatic rings. The molecule has 0 aliphatic carbocycles. The summed E-state index contributed by atoms with van der Waals surface area (Å²) in [7, 11) is 0. The summed E-state index contributed by atoms with van der Waals surface area (Å²) >= 11 is 12.2. The number of hydrogen-bond acceptors (Lipinski definition) is 7. The Hall–Kier alpha value is -2.69. The van der Waals surface area contributed by atoms with Crippen molar-refractivity contribution in [2.45, 2.75) is 36.9 Å². The van der Waals surface area contributed by atoms with E-state index in [1.54, 1.807) is 0 Å². The molecular formula is C20H21Cl2FN6O3. The third-order valence-corrected chi connectivity index (χ3v) is 6.16. The Bertz CT molecular complexity index is 1050. The van der Waals surface area contributed by atoms with Crippen LogP contribution in [0.3, 0.4) is 0 Å². The molecule has 0 radical (unpaired) electrons. The van der Waals surface area contributed by atoms with Gasteiger partial charge in [0.1, 0.15) is 18.1 Å². The maximum atomic E-state index is 15.1. The van der Waals surface area contributed by atoms with E-state index in [4.69, 9.17) is 28.9 Å². The predicted octanol–water partition coefficient (Wildman–Crippen LogP) is 1.68. The van der Waals surface area contributed by atoms with Gasteiger partial charge < -0.3 is 26.4 Å². The predicted molar refractivity (Wildman–Crippen MR) is 117 cm³/mol. The monoisotopic (exact) mass is 482 g/mol. The van der Waals surface area contributed by atoms with E-state index in [1.807, 2.05) is 0 Å². The number of benzene rings is 1. The number of nitrogens with two attached hydrogens (primary N) is 1. The highest BCUT2D eigenvalue weighted by atomic mass is 35.5. The van der Waals surface area contributed by atoms with Crippen LogP contribution < -0.4 is 16.4 Å². The molecule has 170 valence electrons. The van der Waals surface area contributed by atoms with Crippen LogP contribution >= 0.6 is 23.2 Å². The molecule has 3 heterocycles. The molecule has 32 heavy (non-hydrogen) atoms. The average Bonchev–Trinajstić information content (AvgIpc) is 2.72. The Morgan fingerprint density at radius 2 is 1.97 bits per heavy atom. The third kappa shape index (κ3) is 3.94. The highest BCUT2D eigenvalue weighted by Gasteiger charge is 2.52. The van der Waals surface area contributed by atoms with E-state index >= 15 is 4.39 Å². The Kier molecular flexibility index (Phi) is 6.11. The molecule has 1 aromatic carbocycles. The zero-order valence-electron chi connectivity index (χ0n) is 16.8. The molecule has 2 amide bonds. The molecule has 3 atom stereocenters. The van der Waals surface area contributed by atoms with Crippen LogP contribution in [-0.2, 0) is 15.1 Å². The third-order valence-electron chi connectivity index (χ3n) is 5.73. The molecule has 2 aromatic rings. The summed E-state index contributed by atoms with van der Waals surface area (Å²) in [5.41, 5.74) is 4.03. The molecule has 9 nitrogen and oxygen atoms in total. The second-order valence-electron chi connectivity index (χ2n) is 7.80. The van der Waals surface area contributed by atoms with Crippen LogP contribution in [0.25, 0.3) is 0 Å². The van der Waals surface area contributed by atoms with Gasteiger partial charge in [0.15, 0.2) is 17.2 Å². The molecule has 2 saturated heterocycles. The van der Waals surface area contributed by atoms with Crippen LogP contribution in [0.15, 0.2) is 24.5 Å². The molecule has 5 N–H and O–H groups in total. The minimum atomic E-state index is -1.73. The number of piperidine rings is 2. The highest BCUT2D eigenvalue weighted by molar-refractivity contribution is 6.35. The van der Waals surface area contributed by atoms with Gasteiger partial charge in [-0.3, -0.25) is 9.59 Å². The second-order valence-corrected chi connectivity index (χ2v) is 8.68. The molecular weight excluding hydrogens is 462 g/mol. The van der Waals surface area contributed by atoms with Crippen molar-refractivity contribution in [3.05, 3.63) is 46.1 Å². The number of hydrogen-bond donors (Lipinski definition) is 4. The van der Waals surface area contributed by atoms with Gasteiger partial charge in [0, 0.05) is 28.8 Å². The molecule has 0 saturated carbocycles. The maximum Gasteiger partial charge on any atom is 0.255 e. The van der Waals surface area contributed by atoms with Gasteiger partial charge in [-0.05, 0) is 37.5 Å². The number of aliphatic hydroxyl groups is 1. The highest BCUT2D eigenvalue weighted by Crippen LogP contribution is 2.39. The van der Waals surface area contributed by atoms with Crippen LogP contribution in [0.5, 0.6) is 0 Å². The number of aliphatic hydroxyl groups excluding tert-OH is 1. The normalized spacial score (nSPS) is 26.1. The topological polar surface area (TPSA) is 133 Å². The lowest BCUT2D eigenvalue weighted by Gasteiger charge is -2.46. The zero-order chi connectivity index (χ0) is 23.0. The lowest BCUT2D eigenvalue weighted by Crippen LogP contribution is -2.66. The summed E-state index contributed by atoms with van der Waals surface area (Å²) in [5, 5.41) is 16.8. The van der Waals surface area contributed by atoms with E-state index in [9.17, 15) is 14.7 Å². The van der Waals surface area contributed by atoms with Gasteiger partial charge in [-0.25, -0.2) is 14.4 Å². The number of nitrogens with zero attached hydrogens (tertiary/aromatic N) is 3. The lowest BCUT2D eigenvalue weighted by molar-refractivity contribution is -0.153. The maximum absolute atomic E-state index is 15.1. The van der Waals surface area contributed by atoms with Crippen LogP contribution in [0.1, 0.15) is 25.0 Å². The van der Waals surface area contributed by atoms with Crippen LogP contribution in [-0.4, -0.2) is 57.0 Å². The van der Waals surface area contributed by atoms with Crippen molar-refractivity contribution >= 4 is 46.5 Å². The Morgan fingerprint density at radius 3 is 2.66 bits per heavy atom. The number of carbonyl (C=O) groups excluding carboxylic acids is 2. The summed E-state index contributed by atoms with van der Waals surface area (Å²) in [6.45, 7) is 0.510. The van der Waals surface area contributed by atoms with E-state index < -0.39 is 41.1 Å². The number of nitrogen functional groups attached to an aromatic ring is 1. The second kappa shape index (κ2) is 8.68. The van der Waals surface area contributed by atoms with E-state index in [0.29, 0.717) is 35.1 Å². The number of aromatic nitrogens is 2. The van der Waals surface area contributed by atoms with Gasteiger partial charge in [-0.2, -0.15) is 0 Å². The molecule has 4 rings (SSSR count). The van der Waals surface area contributed by atoms with E-state index in [1.165, 1.54) is 23.1 Å². The molecule has 0 spiro atoms. The number of likely N-dealkylation sites (tertiary alicyclic amines) is 1. The number of rotatable bonds is 4. The van der Waals surface area contributed by atoms with E-state index in [-0.39, 0.29) is 18.7 Å². The molecule has 2 fully saturated rings. The fraction of sp³-hybridized carbons (Fsp3) is 0.400. The van der Waals surface area contributed by atoms with Crippen LogP contribution in [0.2, 0.25) is 10.0 Å². The van der Waals surface area contributed by atoms with Crippen molar-refractivity contribution in [2.75, 3.05) is 24.1 Å². The number of amides is 2. The van der Waals surface area contributed by atoms with Crippen molar-refractivity contribution in [3.63, 3.8) is 0 Å². The zero-order valence-corrected chi connectivity index (χ0v) is 18.3. The van der Waals surface area contributed by atoms with E-state index in [2.05, 4.69) is 20.6 Å². The first-order valence-corrected chi connectivity index (χ1v) is 10.8. The smallest absolute Gasteiger partial charge is 0.255 e.